The molecule has 0 radical (unpaired) electrons. The molecule has 0 saturated heterocycles. The maximum atomic E-state index is 11.3. The fraction of sp³-hybridized carbons (Fsp3) is 0.846. The van der Waals surface area contributed by atoms with E-state index in [0.717, 1.165) is 0 Å². The van der Waals surface area contributed by atoms with Gasteiger partial charge < -0.3 is 19.7 Å². The van der Waals surface area contributed by atoms with Crippen LogP contribution in [0.5, 0.6) is 0 Å². The minimum absolute atomic E-state index is 0.0445. The zero-order valence-corrected chi connectivity index (χ0v) is 11.8. The lowest BCUT2D eigenvalue weighted by Gasteiger charge is -2.16. The standard InChI is InChI=1S/C13H24O6/c1-10(6-8-14)19-12(16)5-4-11(15)18-9-7-13(2,3)17/h10,14,17H,4-9H2,1-3H3. The van der Waals surface area contributed by atoms with Crippen LogP contribution in [0.15, 0.2) is 0 Å². The Labute approximate surface area is 113 Å². The summed E-state index contributed by atoms with van der Waals surface area (Å²) in [7, 11) is 0. The summed E-state index contributed by atoms with van der Waals surface area (Å²) in [6.07, 6.45) is 0.273. The highest BCUT2D eigenvalue weighted by Crippen LogP contribution is 2.08. The average molecular weight is 276 g/mol. The lowest BCUT2D eigenvalue weighted by Crippen LogP contribution is -2.22. The first-order chi connectivity index (χ1) is 8.74. The first-order valence-electron chi connectivity index (χ1n) is 6.43. The van der Waals surface area contributed by atoms with Crippen LogP contribution < -0.4 is 0 Å². The van der Waals surface area contributed by atoms with Crippen molar-refractivity contribution in [1.82, 2.24) is 0 Å². The largest absolute Gasteiger partial charge is 0.466 e. The van der Waals surface area contributed by atoms with Gasteiger partial charge >= 0.3 is 11.9 Å². The van der Waals surface area contributed by atoms with E-state index in [2.05, 4.69) is 0 Å². The Morgan fingerprint density at radius 1 is 1.21 bits per heavy atom. The summed E-state index contributed by atoms with van der Waals surface area (Å²) in [5, 5.41) is 18.1. The van der Waals surface area contributed by atoms with Crippen molar-refractivity contribution in [1.29, 1.82) is 0 Å². The molecule has 0 heterocycles. The molecule has 0 aromatic carbocycles. The van der Waals surface area contributed by atoms with Gasteiger partial charge in [-0.05, 0) is 20.8 Å². The van der Waals surface area contributed by atoms with Crippen LogP contribution in [0.1, 0.15) is 46.5 Å². The molecule has 19 heavy (non-hydrogen) atoms. The molecule has 0 bridgehead atoms. The van der Waals surface area contributed by atoms with Gasteiger partial charge in [-0.1, -0.05) is 0 Å². The maximum Gasteiger partial charge on any atom is 0.306 e. The fourth-order valence-electron chi connectivity index (χ4n) is 1.21. The van der Waals surface area contributed by atoms with Crippen LogP contribution in [-0.2, 0) is 19.1 Å². The number of aliphatic hydroxyl groups excluding tert-OH is 1. The van der Waals surface area contributed by atoms with Crippen molar-refractivity contribution < 1.29 is 29.3 Å². The minimum atomic E-state index is -0.876. The molecule has 0 amide bonds. The third-order valence-electron chi connectivity index (χ3n) is 2.38. The summed E-state index contributed by atoms with van der Waals surface area (Å²) in [5.41, 5.74) is -0.876. The van der Waals surface area contributed by atoms with Crippen LogP contribution in [0.2, 0.25) is 0 Å². The van der Waals surface area contributed by atoms with E-state index in [9.17, 15) is 14.7 Å². The van der Waals surface area contributed by atoms with Gasteiger partial charge in [0, 0.05) is 19.4 Å². The van der Waals surface area contributed by atoms with E-state index in [1.807, 2.05) is 0 Å². The third kappa shape index (κ3) is 11.7. The summed E-state index contributed by atoms with van der Waals surface area (Å²) in [5.74, 6) is -0.976. The molecule has 0 aliphatic rings. The van der Waals surface area contributed by atoms with Gasteiger partial charge in [-0.15, -0.1) is 0 Å². The number of hydrogen-bond acceptors (Lipinski definition) is 6. The van der Waals surface area contributed by atoms with Gasteiger partial charge in [0.2, 0.25) is 0 Å². The van der Waals surface area contributed by atoms with Crippen molar-refractivity contribution in [2.75, 3.05) is 13.2 Å². The number of hydrogen-bond donors (Lipinski definition) is 2. The predicted molar refractivity (Wildman–Crippen MR) is 68.4 cm³/mol. The summed E-state index contributed by atoms with van der Waals surface area (Å²) in [6.45, 7) is 5.00. The number of esters is 2. The fourth-order valence-corrected chi connectivity index (χ4v) is 1.21. The van der Waals surface area contributed by atoms with E-state index >= 15 is 0 Å². The molecule has 6 nitrogen and oxygen atoms in total. The Morgan fingerprint density at radius 2 is 1.79 bits per heavy atom. The van der Waals surface area contributed by atoms with E-state index in [0.29, 0.717) is 12.8 Å². The molecule has 6 heteroatoms. The minimum Gasteiger partial charge on any atom is -0.466 e. The zero-order valence-electron chi connectivity index (χ0n) is 11.8. The van der Waals surface area contributed by atoms with Crippen molar-refractivity contribution in [3.63, 3.8) is 0 Å². The van der Waals surface area contributed by atoms with E-state index in [-0.39, 0.29) is 32.2 Å². The summed E-state index contributed by atoms with van der Waals surface area (Å²) in [6, 6.07) is 0. The first kappa shape index (κ1) is 17.9. The molecule has 0 rings (SSSR count). The normalized spacial score (nSPS) is 12.9. The number of rotatable bonds is 9. The van der Waals surface area contributed by atoms with Crippen molar-refractivity contribution in [3.8, 4) is 0 Å². The number of aliphatic hydroxyl groups is 2. The van der Waals surface area contributed by atoms with Gasteiger partial charge in [-0.3, -0.25) is 9.59 Å². The van der Waals surface area contributed by atoms with Crippen LogP contribution in [0.25, 0.3) is 0 Å². The second kappa shape index (κ2) is 8.87. The first-order valence-corrected chi connectivity index (χ1v) is 6.43. The Hall–Kier alpha value is -1.14. The Bertz CT molecular complexity index is 281. The molecule has 0 fully saturated rings. The molecular weight excluding hydrogens is 252 g/mol. The molecule has 0 aromatic heterocycles. The quantitative estimate of drug-likeness (QED) is 0.605. The van der Waals surface area contributed by atoms with Crippen LogP contribution in [0, 0.1) is 0 Å². The molecule has 2 N–H and O–H groups in total. The monoisotopic (exact) mass is 276 g/mol. The van der Waals surface area contributed by atoms with Crippen LogP contribution in [-0.4, -0.2) is 47.1 Å². The van der Waals surface area contributed by atoms with Gasteiger partial charge in [0.25, 0.3) is 0 Å². The highest BCUT2D eigenvalue weighted by atomic mass is 16.5. The van der Waals surface area contributed by atoms with Crippen molar-refractivity contribution in [3.05, 3.63) is 0 Å². The molecule has 0 aliphatic heterocycles. The third-order valence-corrected chi connectivity index (χ3v) is 2.38. The van der Waals surface area contributed by atoms with Crippen molar-refractivity contribution >= 4 is 11.9 Å². The lowest BCUT2D eigenvalue weighted by molar-refractivity contribution is -0.154. The topological polar surface area (TPSA) is 93.1 Å². The summed E-state index contributed by atoms with van der Waals surface area (Å²) >= 11 is 0. The zero-order chi connectivity index (χ0) is 14.9. The molecule has 0 saturated carbocycles. The molecule has 0 spiro atoms. The Kier molecular flexibility index (Phi) is 8.34. The van der Waals surface area contributed by atoms with Crippen LogP contribution in [0.4, 0.5) is 0 Å². The molecule has 1 atom stereocenters. The Balaban J connectivity index is 3.70. The van der Waals surface area contributed by atoms with Crippen molar-refractivity contribution in [2.24, 2.45) is 0 Å². The second-order valence-corrected chi connectivity index (χ2v) is 5.10. The van der Waals surface area contributed by atoms with E-state index in [1.54, 1.807) is 20.8 Å². The van der Waals surface area contributed by atoms with Crippen molar-refractivity contribution in [2.45, 2.75) is 58.2 Å². The smallest absolute Gasteiger partial charge is 0.306 e. The lowest BCUT2D eigenvalue weighted by atomic mass is 10.1. The van der Waals surface area contributed by atoms with Crippen LogP contribution >= 0.6 is 0 Å². The average Bonchev–Trinajstić information content (AvgIpc) is 2.24. The van der Waals surface area contributed by atoms with Gasteiger partial charge in [-0.25, -0.2) is 0 Å². The van der Waals surface area contributed by atoms with Gasteiger partial charge in [-0.2, -0.15) is 0 Å². The second-order valence-electron chi connectivity index (χ2n) is 5.10. The van der Waals surface area contributed by atoms with E-state index in [1.165, 1.54) is 0 Å². The number of ether oxygens (including phenoxy) is 2. The molecular formula is C13H24O6. The SMILES string of the molecule is CC(CCO)OC(=O)CCC(=O)OCCC(C)(C)O. The molecule has 112 valence electrons. The Morgan fingerprint density at radius 3 is 2.32 bits per heavy atom. The van der Waals surface area contributed by atoms with E-state index < -0.39 is 17.5 Å². The molecule has 1 unspecified atom stereocenters. The summed E-state index contributed by atoms with van der Waals surface area (Å²) in [4.78, 5) is 22.6. The highest BCUT2D eigenvalue weighted by Gasteiger charge is 2.15. The summed E-state index contributed by atoms with van der Waals surface area (Å²) < 4.78 is 9.83. The van der Waals surface area contributed by atoms with Gasteiger partial charge in [0.1, 0.15) is 6.10 Å². The molecule has 0 aliphatic carbocycles. The predicted octanol–water partition coefficient (Wildman–Crippen LogP) is 0.785. The maximum absolute atomic E-state index is 11.3. The number of carbonyl (C=O) groups excluding carboxylic acids is 2. The van der Waals surface area contributed by atoms with Gasteiger partial charge in [0.05, 0.1) is 25.0 Å². The molecule has 0 aromatic rings. The van der Waals surface area contributed by atoms with Crippen LogP contribution in [0.3, 0.4) is 0 Å². The van der Waals surface area contributed by atoms with E-state index in [4.69, 9.17) is 14.6 Å². The number of carbonyl (C=O) groups is 2. The van der Waals surface area contributed by atoms with Gasteiger partial charge in [0.15, 0.2) is 0 Å². The highest BCUT2D eigenvalue weighted by molar-refractivity contribution is 5.77.